The van der Waals surface area contributed by atoms with Crippen molar-refractivity contribution >= 4 is 28.6 Å². The summed E-state index contributed by atoms with van der Waals surface area (Å²) in [5, 5.41) is 10.8. The van der Waals surface area contributed by atoms with Crippen LogP contribution in [-0.4, -0.2) is 56.8 Å². The highest BCUT2D eigenvalue weighted by Gasteiger charge is 2.17. The third kappa shape index (κ3) is 4.77. The zero-order valence-electron chi connectivity index (χ0n) is 19.1. The number of methoxy groups -OCH3 is 1. The zero-order valence-corrected chi connectivity index (χ0v) is 19.9. The topological polar surface area (TPSA) is 100 Å². The van der Waals surface area contributed by atoms with Crippen molar-refractivity contribution in [3.63, 3.8) is 0 Å². The number of fused-ring (bicyclic) bond motifs is 1. The van der Waals surface area contributed by atoms with E-state index >= 15 is 0 Å². The molecule has 0 saturated heterocycles. The summed E-state index contributed by atoms with van der Waals surface area (Å²) in [5.74, 6) is 0.997. The van der Waals surface area contributed by atoms with Crippen molar-refractivity contribution in [2.45, 2.75) is 32.7 Å². The number of aromatic amines is 1. The Labute approximate surface area is 197 Å². The standard InChI is InChI=1S/C24H27ClN6O2/c1-14(7-8-32)31(3)24-28-13-20(23(30-24)33-4)21-6-5-16(15(2)29-21)9-17-11-26-22-19(17)10-18(25)12-27-22/h5-6,10-14,32H,7-9H2,1-4H3,(H,26,27). The van der Waals surface area contributed by atoms with Gasteiger partial charge in [-0.3, -0.25) is 4.98 Å². The van der Waals surface area contributed by atoms with Crippen molar-refractivity contribution in [2.24, 2.45) is 0 Å². The van der Waals surface area contributed by atoms with E-state index in [0.29, 0.717) is 29.7 Å². The van der Waals surface area contributed by atoms with E-state index in [0.717, 1.165) is 39.1 Å². The lowest BCUT2D eigenvalue weighted by atomic mass is 10.0. The smallest absolute Gasteiger partial charge is 0.228 e. The highest BCUT2D eigenvalue weighted by molar-refractivity contribution is 6.31. The number of nitrogens with zero attached hydrogens (tertiary/aromatic N) is 5. The Kier molecular flexibility index (Phi) is 6.76. The molecular weight excluding hydrogens is 440 g/mol. The Morgan fingerprint density at radius 1 is 1.18 bits per heavy atom. The summed E-state index contributed by atoms with van der Waals surface area (Å²) in [6.45, 7) is 4.12. The van der Waals surface area contributed by atoms with Crippen molar-refractivity contribution in [1.29, 1.82) is 0 Å². The first-order valence-electron chi connectivity index (χ1n) is 10.7. The molecular formula is C24H27ClN6O2. The molecule has 4 aromatic heterocycles. The van der Waals surface area contributed by atoms with Crippen molar-refractivity contribution in [3.8, 4) is 17.1 Å². The second-order valence-corrected chi connectivity index (χ2v) is 8.48. The summed E-state index contributed by atoms with van der Waals surface area (Å²) >= 11 is 6.14. The van der Waals surface area contributed by atoms with Crippen LogP contribution in [0.5, 0.6) is 5.88 Å². The average molecular weight is 467 g/mol. The highest BCUT2D eigenvalue weighted by atomic mass is 35.5. The summed E-state index contributed by atoms with van der Waals surface area (Å²) in [4.78, 5) is 23.3. The molecule has 9 heteroatoms. The summed E-state index contributed by atoms with van der Waals surface area (Å²) in [5.41, 5.74) is 5.42. The van der Waals surface area contributed by atoms with E-state index in [1.165, 1.54) is 0 Å². The quantitative estimate of drug-likeness (QED) is 0.401. The summed E-state index contributed by atoms with van der Waals surface area (Å²) in [6, 6.07) is 6.05. The number of hydrogen-bond acceptors (Lipinski definition) is 7. The van der Waals surface area contributed by atoms with Gasteiger partial charge in [0.2, 0.25) is 11.8 Å². The molecule has 0 aromatic carbocycles. The van der Waals surface area contributed by atoms with Crippen LogP contribution in [0.2, 0.25) is 5.02 Å². The second kappa shape index (κ2) is 9.72. The molecule has 33 heavy (non-hydrogen) atoms. The fraction of sp³-hybridized carbons (Fsp3) is 0.333. The molecule has 0 bridgehead atoms. The van der Waals surface area contributed by atoms with Gasteiger partial charge >= 0.3 is 0 Å². The van der Waals surface area contributed by atoms with Gasteiger partial charge in [-0.1, -0.05) is 17.7 Å². The first-order valence-corrected chi connectivity index (χ1v) is 11.1. The third-order valence-electron chi connectivity index (χ3n) is 5.89. The van der Waals surface area contributed by atoms with Gasteiger partial charge in [-0.05, 0) is 43.5 Å². The second-order valence-electron chi connectivity index (χ2n) is 8.05. The van der Waals surface area contributed by atoms with E-state index in [4.69, 9.17) is 21.3 Å². The number of aliphatic hydroxyl groups excluding tert-OH is 1. The molecule has 4 aromatic rings. The van der Waals surface area contributed by atoms with Gasteiger partial charge in [0.25, 0.3) is 0 Å². The Morgan fingerprint density at radius 2 is 2.00 bits per heavy atom. The molecule has 8 nitrogen and oxygen atoms in total. The molecule has 2 N–H and O–H groups in total. The van der Waals surface area contributed by atoms with Crippen LogP contribution in [-0.2, 0) is 6.42 Å². The molecule has 172 valence electrons. The number of anilines is 1. The van der Waals surface area contributed by atoms with Gasteiger partial charge in [0.1, 0.15) is 5.65 Å². The molecule has 0 spiro atoms. The number of ether oxygens (including phenoxy) is 1. The number of pyridine rings is 2. The lowest BCUT2D eigenvalue weighted by molar-refractivity contribution is 0.277. The summed E-state index contributed by atoms with van der Waals surface area (Å²) in [6.07, 6.45) is 6.67. The molecule has 0 radical (unpaired) electrons. The van der Waals surface area contributed by atoms with Gasteiger partial charge in [-0.2, -0.15) is 4.98 Å². The summed E-state index contributed by atoms with van der Waals surface area (Å²) < 4.78 is 5.55. The molecule has 4 heterocycles. The van der Waals surface area contributed by atoms with Gasteiger partial charge in [-0.25, -0.2) is 9.97 Å². The third-order valence-corrected chi connectivity index (χ3v) is 6.10. The van der Waals surface area contributed by atoms with E-state index in [-0.39, 0.29) is 12.6 Å². The molecule has 1 atom stereocenters. The van der Waals surface area contributed by atoms with E-state index < -0.39 is 0 Å². The van der Waals surface area contributed by atoms with Gasteiger partial charge < -0.3 is 19.7 Å². The van der Waals surface area contributed by atoms with Crippen LogP contribution < -0.4 is 9.64 Å². The fourth-order valence-electron chi connectivity index (χ4n) is 3.75. The normalized spacial score (nSPS) is 12.2. The molecule has 0 aliphatic rings. The predicted molar refractivity (Wildman–Crippen MR) is 130 cm³/mol. The largest absolute Gasteiger partial charge is 0.480 e. The first-order chi connectivity index (χ1) is 15.9. The Hall–Kier alpha value is -3.23. The summed E-state index contributed by atoms with van der Waals surface area (Å²) in [7, 11) is 3.49. The number of halogens is 1. The molecule has 0 amide bonds. The number of rotatable bonds is 8. The number of hydrogen-bond donors (Lipinski definition) is 2. The van der Waals surface area contributed by atoms with Crippen LogP contribution in [0.15, 0.2) is 36.8 Å². The molecule has 0 aliphatic heterocycles. The maximum atomic E-state index is 9.21. The van der Waals surface area contributed by atoms with Crippen molar-refractivity contribution in [1.82, 2.24) is 24.9 Å². The van der Waals surface area contributed by atoms with Crippen LogP contribution in [0.1, 0.15) is 30.2 Å². The van der Waals surface area contributed by atoms with Crippen LogP contribution in [0.25, 0.3) is 22.3 Å². The Balaban J connectivity index is 1.61. The minimum absolute atomic E-state index is 0.0970. The highest BCUT2D eigenvalue weighted by Crippen LogP contribution is 2.30. The minimum Gasteiger partial charge on any atom is -0.480 e. The van der Waals surface area contributed by atoms with Gasteiger partial charge in [0.05, 0.1) is 23.4 Å². The Morgan fingerprint density at radius 3 is 2.73 bits per heavy atom. The number of nitrogens with one attached hydrogen (secondary N) is 1. The van der Waals surface area contributed by atoms with Crippen molar-refractivity contribution in [2.75, 3.05) is 25.7 Å². The molecule has 0 saturated carbocycles. The number of H-pyrrole nitrogens is 1. The lowest BCUT2D eigenvalue weighted by Gasteiger charge is -2.24. The lowest BCUT2D eigenvalue weighted by Crippen LogP contribution is -2.31. The maximum absolute atomic E-state index is 9.21. The van der Waals surface area contributed by atoms with E-state index in [1.54, 1.807) is 19.5 Å². The number of aromatic nitrogens is 5. The molecule has 1 unspecified atom stereocenters. The Bertz CT molecular complexity index is 1280. The van der Waals surface area contributed by atoms with Gasteiger partial charge in [0.15, 0.2) is 0 Å². The number of aliphatic hydroxyl groups is 1. The zero-order chi connectivity index (χ0) is 23.5. The molecule has 4 rings (SSSR count). The monoisotopic (exact) mass is 466 g/mol. The van der Waals surface area contributed by atoms with Crippen LogP contribution in [0.4, 0.5) is 5.95 Å². The number of aryl methyl sites for hydroxylation is 1. The SMILES string of the molecule is COc1nc(N(C)C(C)CCO)ncc1-c1ccc(Cc2c[nH]c3ncc(Cl)cc23)c(C)n1. The molecule has 0 fully saturated rings. The minimum atomic E-state index is 0.0970. The molecule has 0 aliphatic carbocycles. The van der Waals surface area contributed by atoms with Crippen molar-refractivity contribution in [3.05, 3.63) is 58.6 Å². The van der Waals surface area contributed by atoms with E-state index in [2.05, 4.69) is 26.0 Å². The first kappa shape index (κ1) is 22.9. The van der Waals surface area contributed by atoms with Crippen LogP contribution in [0.3, 0.4) is 0 Å². The van der Waals surface area contributed by atoms with Gasteiger partial charge in [0, 0.05) is 55.8 Å². The maximum Gasteiger partial charge on any atom is 0.228 e. The van der Waals surface area contributed by atoms with Crippen LogP contribution in [0, 0.1) is 6.92 Å². The fourth-order valence-corrected chi connectivity index (χ4v) is 3.90. The predicted octanol–water partition coefficient (Wildman–Crippen LogP) is 4.18. The van der Waals surface area contributed by atoms with Gasteiger partial charge in [-0.15, -0.1) is 0 Å². The van der Waals surface area contributed by atoms with E-state index in [1.807, 2.05) is 44.1 Å². The average Bonchev–Trinajstić information content (AvgIpc) is 3.21. The van der Waals surface area contributed by atoms with Crippen molar-refractivity contribution < 1.29 is 9.84 Å². The van der Waals surface area contributed by atoms with E-state index in [9.17, 15) is 5.11 Å². The van der Waals surface area contributed by atoms with Crippen LogP contribution >= 0.6 is 11.6 Å².